The van der Waals surface area contributed by atoms with Crippen LogP contribution in [0.25, 0.3) is 0 Å². The van der Waals surface area contributed by atoms with Crippen molar-refractivity contribution in [1.29, 1.82) is 0 Å². The zero-order valence-corrected chi connectivity index (χ0v) is 14.6. The lowest BCUT2D eigenvalue weighted by Gasteiger charge is -2.28. The number of hydrogen-bond donors (Lipinski definition) is 1. The molecule has 1 aliphatic heterocycles. The molecule has 0 saturated heterocycles. The molecule has 1 aliphatic rings. The van der Waals surface area contributed by atoms with Gasteiger partial charge < -0.3 is 20.2 Å². The molecular formula is C16H12ClFN4O5. The third kappa shape index (κ3) is 3.80. The SMILES string of the molecule is CC1Oc2ccc([N+](=O)[O-])nc2N(CC(=O)Nc2ccc(F)c(Cl)c2)C1=O. The maximum Gasteiger partial charge on any atom is 0.366 e. The van der Waals surface area contributed by atoms with Gasteiger partial charge in [0.1, 0.15) is 12.4 Å². The van der Waals surface area contributed by atoms with Gasteiger partial charge in [0, 0.05) is 11.8 Å². The van der Waals surface area contributed by atoms with Gasteiger partial charge in [-0.2, -0.15) is 0 Å². The first kappa shape index (κ1) is 18.5. The second-order valence-electron chi connectivity index (χ2n) is 5.61. The van der Waals surface area contributed by atoms with E-state index in [9.17, 15) is 24.1 Å². The maximum atomic E-state index is 13.2. The fourth-order valence-corrected chi connectivity index (χ4v) is 2.63. The smallest absolute Gasteiger partial charge is 0.366 e. The van der Waals surface area contributed by atoms with Crippen molar-refractivity contribution in [3.05, 3.63) is 51.3 Å². The molecule has 2 amide bonds. The first-order valence-corrected chi connectivity index (χ1v) is 8.02. The molecule has 11 heteroatoms. The van der Waals surface area contributed by atoms with E-state index in [0.29, 0.717) is 0 Å². The number of rotatable bonds is 4. The number of carbonyl (C=O) groups excluding carboxylic acids is 2. The molecule has 1 aromatic heterocycles. The van der Waals surface area contributed by atoms with E-state index in [4.69, 9.17) is 16.3 Å². The number of nitrogens with one attached hydrogen (secondary N) is 1. The van der Waals surface area contributed by atoms with E-state index in [1.165, 1.54) is 25.1 Å². The number of aromatic nitrogens is 1. The summed E-state index contributed by atoms with van der Waals surface area (Å²) in [6.07, 6.45) is -0.895. The number of benzene rings is 1. The van der Waals surface area contributed by atoms with Crippen molar-refractivity contribution in [2.45, 2.75) is 13.0 Å². The van der Waals surface area contributed by atoms with Crippen LogP contribution in [-0.2, 0) is 9.59 Å². The normalized spacial score (nSPS) is 15.7. The lowest BCUT2D eigenvalue weighted by molar-refractivity contribution is -0.389. The summed E-state index contributed by atoms with van der Waals surface area (Å²) in [6.45, 7) is 1.01. The Bertz CT molecular complexity index is 954. The Morgan fingerprint density at radius 1 is 1.44 bits per heavy atom. The number of amides is 2. The van der Waals surface area contributed by atoms with E-state index in [1.807, 2.05) is 0 Å². The number of halogens is 2. The number of nitrogens with zero attached hydrogens (tertiary/aromatic N) is 3. The average molecular weight is 395 g/mol. The van der Waals surface area contributed by atoms with Crippen molar-refractivity contribution in [2.24, 2.45) is 0 Å². The minimum absolute atomic E-state index is 0.125. The van der Waals surface area contributed by atoms with Crippen molar-refractivity contribution >= 4 is 40.7 Å². The largest absolute Gasteiger partial charge is 0.475 e. The Hall–Kier alpha value is -3.27. The second kappa shape index (κ2) is 7.16. The highest BCUT2D eigenvalue weighted by atomic mass is 35.5. The number of hydrogen-bond acceptors (Lipinski definition) is 6. The summed E-state index contributed by atoms with van der Waals surface area (Å²) in [5.41, 5.74) is 0.229. The van der Waals surface area contributed by atoms with E-state index < -0.39 is 41.0 Å². The highest BCUT2D eigenvalue weighted by Gasteiger charge is 2.37. The summed E-state index contributed by atoms with van der Waals surface area (Å²) in [5, 5.41) is 13.2. The monoisotopic (exact) mass is 394 g/mol. The van der Waals surface area contributed by atoms with Crippen LogP contribution in [0.5, 0.6) is 5.75 Å². The average Bonchev–Trinajstić information content (AvgIpc) is 2.61. The second-order valence-corrected chi connectivity index (χ2v) is 6.02. The molecule has 140 valence electrons. The fraction of sp³-hybridized carbons (Fsp3) is 0.188. The molecular weight excluding hydrogens is 383 g/mol. The first-order chi connectivity index (χ1) is 12.8. The molecule has 1 unspecified atom stereocenters. The van der Waals surface area contributed by atoms with Gasteiger partial charge >= 0.3 is 5.82 Å². The van der Waals surface area contributed by atoms with Crippen LogP contribution in [0.3, 0.4) is 0 Å². The van der Waals surface area contributed by atoms with E-state index >= 15 is 0 Å². The maximum absolute atomic E-state index is 13.2. The number of pyridine rings is 1. The Balaban J connectivity index is 1.85. The van der Waals surface area contributed by atoms with Gasteiger partial charge in [0.2, 0.25) is 5.91 Å². The molecule has 1 N–H and O–H groups in total. The zero-order valence-electron chi connectivity index (χ0n) is 13.8. The van der Waals surface area contributed by atoms with Crippen LogP contribution in [0, 0.1) is 15.9 Å². The van der Waals surface area contributed by atoms with Gasteiger partial charge in [-0.25, -0.2) is 4.39 Å². The molecule has 9 nitrogen and oxygen atoms in total. The van der Waals surface area contributed by atoms with Crippen molar-refractivity contribution in [3.8, 4) is 5.75 Å². The van der Waals surface area contributed by atoms with Crippen LogP contribution in [0.2, 0.25) is 5.02 Å². The molecule has 3 rings (SSSR count). The Labute approximate surface area is 156 Å². The molecule has 27 heavy (non-hydrogen) atoms. The number of ether oxygens (including phenoxy) is 1. The van der Waals surface area contributed by atoms with Crippen LogP contribution in [-0.4, -0.2) is 34.4 Å². The van der Waals surface area contributed by atoms with Crippen LogP contribution in [0.4, 0.5) is 21.7 Å². The highest BCUT2D eigenvalue weighted by Crippen LogP contribution is 2.33. The predicted octanol–water partition coefficient (Wildman–Crippen LogP) is 2.53. The molecule has 0 bridgehead atoms. The Morgan fingerprint density at radius 2 is 2.19 bits per heavy atom. The Kier molecular flexibility index (Phi) is 4.91. The molecule has 1 atom stereocenters. The summed E-state index contributed by atoms with van der Waals surface area (Å²) in [7, 11) is 0. The summed E-state index contributed by atoms with van der Waals surface area (Å²) < 4.78 is 18.6. The Morgan fingerprint density at radius 3 is 2.85 bits per heavy atom. The van der Waals surface area contributed by atoms with Gasteiger partial charge in [0.05, 0.1) is 5.02 Å². The highest BCUT2D eigenvalue weighted by molar-refractivity contribution is 6.31. The molecule has 0 aliphatic carbocycles. The minimum atomic E-state index is -0.895. The summed E-state index contributed by atoms with van der Waals surface area (Å²) in [6, 6.07) is 6.06. The van der Waals surface area contributed by atoms with E-state index in [-0.39, 0.29) is 22.3 Å². The third-order valence-corrected chi connectivity index (χ3v) is 3.98. The van der Waals surface area contributed by atoms with Gasteiger partial charge in [0.25, 0.3) is 11.7 Å². The standard InChI is InChI=1S/C16H12ClFN4O5/c1-8-16(24)21(15-12(27-8)4-5-13(20-15)22(25)26)7-14(23)19-9-2-3-11(18)10(17)6-9/h2-6,8H,7H2,1H3,(H,19,23). The lowest BCUT2D eigenvalue weighted by Crippen LogP contribution is -2.48. The molecule has 0 saturated carbocycles. The van der Waals surface area contributed by atoms with Gasteiger partial charge in [-0.1, -0.05) is 11.6 Å². The molecule has 0 radical (unpaired) electrons. The number of anilines is 2. The molecule has 2 aromatic rings. The minimum Gasteiger partial charge on any atom is -0.475 e. The van der Waals surface area contributed by atoms with E-state index in [0.717, 1.165) is 17.0 Å². The number of nitro groups is 1. The van der Waals surface area contributed by atoms with Gasteiger partial charge in [-0.15, -0.1) is 0 Å². The van der Waals surface area contributed by atoms with Gasteiger partial charge in [-0.3, -0.25) is 14.5 Å². The van der Waals surface area contributed by atoms with Crippen LogP contribution >= 0.6 is 11.6 Å². The van der Waals surface area contributed by atoms with Crippen molar-refractivity contribution in [1.82, 2.24) is 4.98 Å². The van der Waals surface area contributed by atoms with Crippen molar-refractivity contribution in [3.63, 3.8) is 0 Å². The summed E-state index contributed by atoms with van der Waals surface area (Å²) in [5.74, 6) is -2.32. The van der Waals surface area contributed by atoms with Crippen LogP contribution in [0.15, 0.2) is 30.3 Å². The number of fused-ring (bicyclic) bond motifs is 1. The van der Waals surface area contributed by atoms with E-state index in [1.54, 1.807) is 0 Å². The number of carbonyl (C=O) groups is 2. The van der Waals surface area contributed by atoms with Crippen LogP contribution < -0.4 is 15.0 Å². The molecule has 0 spiro atoms. The van der Waals surface area contributed by atoms with Crippen molar-refractivity contribution in [2.75, 3.05) is 16.8 Å². The van der Waals surface area contributed by atoms with Crippen LogP contribution in [0.1, 0.15) is 6.92 Å². The lowest BCUT2D eigenvalue weighted by atomic mass is 10.2. The van der Waals surface area contributed by atoms with E-state index in [2.05, 4.69) is 10.3 Å². The van der Waals surface area contributed by atoms with Gasteiger partial charge in [0.15, 0.2) is 11.9 Å². The first-order valence-electron chi connectivity index (χ1n) is 7.64. The van der Waals surface area contributed by atoms with Gasteiger partial charge in [-0.05, 0) is 41.1 Å². The molecule has 1 aromatic carbocycles. The molecule has 2 heterocycles. The molecule has 0 fully saturated rings. The zero-order chi connectivity index (χ0) is 19.7. The fourth-order valence-electron chi connectivity index (χ4n) is 2.45. The summed E-state index contributed by atoms with van der Waals surface area (Å²) >= 11 is 5.66. The predicted molar refractivity (Wildman–Crippen MR) is 93.4 cm³/mol. The topological polar surface area (TPSA) is 115 Å². The summed E-state index contributed by atoms with van der Waals surface area (Å²) in [4.78, 5) is 39.7. The third-order valence-electron chi connectivity index (χ3n) is 3.69. The van der Waals surface area contributed by atoms with Crippen molar-refractivity contribution < 1.29 is 23.6 Å². The quantitative estimate of drug-likeness (QED) is 0.629.